The van der Waals surface area contributed by atoms with E-state index in [1.807, 2.05) is 51.1 Å². The number of hydrogen-bond acceptors (Lipinski definition) is 6. The number of para-hydroxylation sites is 1. The summed E-state index contributed by atoms with van der Waals surface area (Å²) in [5, 5.41) is 4.02. The molecule has 7 nitrogen and oxygen atoms in total. The van der Waals surface area contributed by atoms with Gasteiger partial charge in [-0.2, -0.15) is 0 Å². The minimum Gasteiger partial charge on any atom is -0.444 e. The highest BCUT2D eigenvalue weighted by Gasteiger charge is 2.25. The van der Waals surface area contributed by atoms with Crippen LogP contribution in [0.1, 0.15) is 33.6 Å². The fourth-order valence-corrected chi connectivity index (χ4v) is 3.63. The monoisotopic (exact) mass is 405 g/mol. The SMILES string of the molecule is CC(C)(C)OC(=O)NC1CCN(c2nc(-c3cccnc3)nc3ccccc23)CC1. The van der Waals surface area contributed by atoms with Gasteiger partial charge in [-0.15, -0.1) is 0 Å². The van der Waals surface area contributed by atoms with Gasteiger partial charge in [-0.3, -0.25) is 4.98 Å². The lowest BCUT2D eigenvalue weighted by Crippen LogP contribution is -2.46. The van der Waals surface area contributed by atoms with E-state index in [4.69, 9.17) is 14.7 Å². The van der Waals surface area contributed by atoms with Crippen LogP contribution in [0.4, 0.5) is 10.6 Å². The second-order valence-corrected chi connectivity index (χ2v) is 8.54. The molecule has 7 heteroatoms. The molecule has 1 aliphatic heterocycles. The predicted molar refractivity (Wildman–Crippen MR) is 117 cm³/mol. The summed E-state index contributed by atoms with van der Waals surface area (Å²) in [6.07, 6.45) is 4.84. The maximum absolute atomic E-state index is 12.1. The van der Waals surface area contributed by atoms with Crippen LogP contribution in [0.5, 0.6) is 0 Å². The summed E-state index contributed by atoms with van der Waals surface area (Å²) in [7, 11) is 0. The van der Waals surface area contributed by atoms with Crippen LogP contribution >= 0.6 is 0 Å². The third kappa shape index (κ3) is 4.67. The van der Waals surface area contributed by atoms with E-state index in [0.717, 1.165) is 48.2 Å². The zero-order valence-electron chi connectivity index (χ0n) is 17.6. The first-order valence-corrected chi connectivity index (χ1v) is 10.3. The molecule has 0 aliphatic carbocycles. The largest absolute Gasteiger partial charge is 0.444 e. The number of anilines is 1. The van der Waals surface area contributed by atoms with Gasteiger partial charge in [0.05, 0.1) is 5.52 Å². The van der Waals surface area contributed by atoms with Crippen molar-refractivity contribution in [1.82, 2.24) is 20.3 Å². The van der Waals surface area contributed by atoms with Crippen molar-refractivity contribution in [2.24, 2.45) is 0 Å². The van der Waals surface area contributed by atoms with E-state index in [0.29, 0.717) is 5.82 Å². The van der Waals surface area contributed by atoms with Gasteiger partial charge in [-0.25, -0.2) is 14.8 Å². The van der Waals surface area contributed by atoms with Crippen LogP contribution in [0.2, 0.25) is 0 Å². The highest BCUT2D eigenvalue weighted by atomic mass is 16.6. The van der Waals surface area contributed by atoms with Crippen LogP contribution in [0, 0.1) is 0 Å². The number of benzene rings is 1. The molecule has 1 aromatic carbocycles. The number of carbonyl (C=O) groups excluding carboxylic acids is 1. The lowest BCUT2D eigenvalue weighted by atomic mass is 10.0. The van der Waals surface area contributed by atoms with Crippen LogP contribution in [0.3, 0.4) is 0 Å². The predicted octanol–water partition coefficient (Wildman–Crippen LogP) is 4.19. The standard InChI is InChI=1S/C23H27N5O2/c1-23(2,3)30-22(29)25-17-10-13-28(14-11-17)21-18-8-4-5-9-19(18)26-20(27-21)16-7-6-12-24-15-16/h4-9,12,15,17H,10-11,13-14H2,1-3H3,(H,25,29). The van der Waals surface area contributed by atoms with Crippen molar-refractivity contribution in [2.75, 3.05) is 18.0 Å². The molecule has 0 spiro atoms. The summed E-state index contributed by atoms with van der Waals surface area (Å²) < 4.78 is 5.38. The van der Waals surface area contributed by atoms with Crippen molar-refractivity contribution in [3.8, 4) is 11.4 Å². The first kappa shape index (κ1) is 20.1. The third-order valence-electron chi connectivity index (χ3n) is 5.02. The topological polar surface area (TPSA) is 80.2 Å². The van der Waals surface area contributed by atoms with E-state index in [9.17, 15) is 4.79 Å². The average molecular weight is 406 g/mol. The Kier molecular flexibility index (Phi) is 5.53. The van der Waals surface area contributed by atoms with E-state index in [1.54, 1.807) is 12.4 Å². The molecule has 0 unspecified atom stereocenters. The third-order valence-corrected chi connectivity index (χ3v) is 5.02. The maximum Gasteiger partial charge on any atom is 0.407 e. The van der Waals surface area contributed by atoms with Gasteiger partial charge in [-0.05, 0) is 57.9 Å². The number of fused-ring (bicyclic) bond motifs is 1. The summed E-state index contributed by atoms with van der Waals surface area (Å²) >= 11 is 0. The van der Waals surface area contributed by atoms with Crippen molar-refractivity contribution in [3.05, 3.63) is 48.8 Å². The van der Waals surface area contributed by atoms with Crippen LogP contribution < -0.4 is 10.2 Å². The minimum absolute atomic E-state index is 0.0991. The van der Waals surface area contributed by atoms with Gasteiger partial charge in [0.15, 0.2) is 5.82 Å². The Balaban J connectivity index is 1.53. The lowest BCUT2D eigenvalue weighted by Gasteiger charge is -2.34. The number of pyridine rings is 1. The highest BCUT2D eigenvalue weighted by Crippen LogP contribution is 2.29. The Labute approximate surface area is 176 Å². The van der Waals surface area contributed by atoms with Gasteiger partial charge in [0.2, 0.25) is 0 Å². The molecule has 1 amide bonds. The Morgan fingerprint density at radius 3 is 2.57 bits per heavy atom. The summed E-state index contributed by atoms with van der Waals surface area (Å²) in [5.41, 5.74) is 1.31. The Morgan fingerprint density at radius 2 is 1.87 bits per heavy atom. The highest BCUT2D eigenvalue weighted by molar-refractivity contribution is 5.91. The van der Waals surface area contributed by atoms with Gasteiger partial charge in [0, 0.05) is 42.5 Å². The number of amides is 1. The van der Waals surface area contributed by atoms with Crippen LogP contribution in [-0.2, 0) is 4.74 Å². The minimum atomic E-state index is -0.493. The van der Waals surface area contributed by atoms with Gasteiger partial charge in [-0.1, -0.05) is 12.1 Å². The summed E-state index contributed by atoms with van der Waals surface area (Å²) in [5.74, 6) is 1.60. The number of ether oxygens (including phenoxy) is 1. The molecule has 0 radical (unpaired) electrons. The second kappa shape index (κ2) is 8.26. The normalized spacial score (nSPS) is 15.2. The fraction of sp³-hybridized carbons (Fsp3) is 0.391. The summed E-state index contributed by atoms with van der Waals surface area (Å²) in [4.78, 5) is 28.2. The number of carbonyl (C=O) groups is 1. The zero-order valence-corrected chi connectivity index (χ0v) is 17.6. The van der Waals surface area contributed by atoms with Crippen LogP contribution in [-0.4, -0.2) is 45.8 Å². The average Bonchev–Trinajstić information content (AvgIpc) is 2.73. The Morgan fingerprint density at radius 1 is 1.10 bits per heavy atom. The van der Waals surface area contributed by atoms with Crippen molar-refractivity contribution >= 4 is 22.8 Å². The van der Waals surface area contributed by atoms with Gasteiger partial charge in [0.1, 0.15) is 11.4 Å². The number of hydrogen-bond donors (Lipinski definition) is 1. The molecule has 2 aromatic heterocycles. The van der Waals surface area contributed by atoms with Crippen LogP contribution in [0.25, 0.3) is 22.3 Å². The van der Waals surface area contributed by atoms with E-state index in [1.165, 1.54) is 0 Å². The molecule has 1 N–H and O–H groups in total. The summed E-state index contributed by atoms with van der Waals surface area (Å²) in [6.45, 7) is 7.21. The number of aromatic nitrogens is 3. The van der Waals surface area contributed by atoms with Gasteiger partial charge in [0.25, 0.3) is 0 Å². The molecule has 3 aromatic rings. The molecular weight excluding hydrogens is 378 g/mol. The van der Waals surface area contributed by atoms with Crippen molar-refractivity contribution in [2.45, 2.75) is 45.3 Å². The van der Waals surface area contributed by atoms with E-state index in [-0.39, 0.29) is 12.1 Å². The first-order chi connectivity index (χ1) is 14.4. The molecule has 1 aliphatic rings. The molecule has 4 rings (SSSR count). The second-order valence-electron chi connectivity index (χ2n) is 8.54. The Hall–Kier alpha value is -3.22. The molecular formula is C23H27N5O2. The smallest absolute Gasteiger partial charge is 0.407 e. The molecule has 30 heavy (non-hydrogen) atoms. The number of nitrogens with zero attached hydrogens (tertiary/aromatic N) is 4. The quantitative estimate of drug-likeness (QED) is 0.704. The summed E-state index contributed by atoms with van der Waals surface area (Å²) in [6, 6.07) is 12.0. The van der Waals surface area contributed by atoms with E-state index in [2.05, 4.69) is 21.3 Å². The lowest BCUT2D eigenvalue weighted by molar-refractivity contribution is 0.0497. The van der Waals surface area contributed by atoms with E-state index < -0.39 is 5.60 Å². The molecule has 0 atom stereocenters. The zero-order chi connectivity index (χ0) is 21.1. The molecule has 0 bridgehead atoms. The number of rotatable bonds is 3. The van der Waals surface area contributed by atoms with Crippen molar-refractivity contribution < 1.29 is 9.53 Å². The van der Waals surface area contributed by atoms with Crippen LogP contribution in [0.15, 0.2) is 48.8 Å². The molecule has 156 valence electrons. The number of alkyl carbamates (subject to hydrolysis) is 1. The number of piperidine rings is 1. The van der Waals surface area contributed by atoms with Gasteiger partial charge < -0.3 is 15.0 Å². The first-order valence-electron chi connectivity index (χ1n) is 10.3. The van der Waals surface area contributed by atoms with Crippen molar-refractivity contribution in [1.29, 1.82) is 0 Å². The van der Waals surface area contributed by atoms with Gasteiger partial charge >= 0.3 is 6.09 Å². The maximum atomic E-state index is 12.1. The molecule has 1 saturated heterocycles. The van der Waals surface area contributed by atoms with Crippen molar-refractivity contribution in [3.63, 3.8) is 0 Å². The molecule has 0 saturated carbocycles. The number of nitrogens with one attached hydrogen (secondary N) is 1. The molecule has 1 fully saturated rings. The molecule has 3 heterocycles. The Bertz CT molecular complexity index is 1020. The fourth-order valence-electron chi connectivity index (χ4n) is 3.63. The van der Waals surface area contributed by atoms with E-state index >= 15 is 0 Å².